The number of para-hydroxylation sites is 1. The normalized spacial score (nSPS) is 18.6. The summed E-state index contributed by atoms with van der Waals surface area (Å²) in [5, 5.41) is 10.2. The van der Waals surface area contributed by atoms with Gasteiger partial charge in [-0.2, -0.15) is 0 Å². The molecule has 2 heteroatoms. The van der Waals surface area contributed by atoms with Crippen LogP contribution in [-0.2, 0) is 0 Å². The first-order chi connectivity index (χ1) is 10.3. The van der Waals surface area contributed by atoms with E-state index in [2.05, 4.69) is 18.2 Å². The van der Waals surface area contributed by atoms with Gasteiger partial charge in [0.2, 0.25) is 0 Å². The summed E-state index contributed by atoms with van der Waals surface area (Å²) in [6, 6.07) is 18.3. The van der Waals surface area contributed by atoms with Crippen LogP contribution in [0.25, 0.3) is 0 Å². The van der Waals surface area contributed by atoms with Crippen molar-refractivity contribution in [3.63, 3.8) is 0 Å². The second-order valence-electron chi connectivity index (χ2n) is 5.73. The predicted molar refractivity (Wildman–Crippen MR) is 84.5 cm³/mol. The Kier molecular flexibility index (Phi) is 4.56. The Morgan fingerprint density at radius 1 is 1.05 bits per heavy atom. The number of benzene rings is 2. The van der Waals surface area contributed by atoms with Crippen molar-refractivity contribution < 1.29 is 9.84 Å². The van der Waals surface area contributed by atoms with E-state index < -0.39 is 0 Å². The maximum Gasteiger partial charge on any atom is 0.122 e. The van der Waals surface area contributed by atoms with Crippen LogP contribution in [0.5, 0.6) is 5.75 Å². The predicted octanol–water partition coefficient (Wildman–Crippen LogP) is 4.46. The van der Waals surface area contributed by atoms with Crippen molar-refractivity contribution in [2.45, 2.75) is 37.7 Å². The minimum absolute atomic E-state index is 0.346. The number of hydrogen-bond acceptors (Lipinski definition) is 2. The van der Waals surface area contributed by atoms with Crippen molar-refractivity contribution in [1.29, 1.82) is 0 Å². The highest BCUT2D eigenvalue weighted by Gasteiger charge is 2.20. The van der Waals surface area contributed by atoms with Crippen LogP contribution in [0.15, 0.2) is 54.6 Å². The quantitative estimate of drug-likeness (QED) is 0.877. The fraction of sp³-hybridized carbons (Fsp3) is 0.368. The molecule has 0 bridgehead atoms. The molecule has 0 aliphatic carbocycles. The maximum absolute atomic E-state index is 10.2. The summed E-state index contributed by atoms with van der Waals surface area (Å²) in [4.78, 5) is 0. The summed E-state index contributed by atoms with van der Waals surface area (Å²) < 4.78 is 5.70. The van der Waals surface area contributed by atoms with Crippen LogP contribution in [0.2, 0.25) is 0 Å². The fourth-order valence-corrected chi connectivity index (χ4v) is 3.12. The third kappa shape index (κ3) is 3.45. The molecule has 2 aromatic carbocycles. The molecule has 1 aliphatic heterocycles. The van der Waals surface area contributed by atoms with Gasteiger partial charge in [0.25, 0.3) is 0 Å². The fourth-order valence-electron chi connectivity index (χ4n) is 3.12. The number of ether oxygens (including phenoxy) is 1. The molecule has 1 heterocycles. The highest BCUT2D eigenvalue weighted by atomic mass is 16.5. The van der Waals surface area contributed by atoms with Gasteiger partial charge in [0.15, 0.2) is 0 Å². The van der Waals surface area contributed by atoms with Crippen LogP contribution in [0.1, 0.15) is 48.8 Å². The van der Waals surface area contributed by atoms with Crippen molar-refractivity contribution in [2.24, 2.45) is 0 Å². The molecule has 0 amide bonds. The standard InChI is InChI=1S/C19H22O2/c20-18(16-7-2-1-3-8-16)11-6-9-15-13-14-21-19-12-5-4-10-17(15)19/h1-5,7-8,10,12,15,18,20H,6,9,11,13-14H2. The lowest BCUT2D eigenvalue weighted by molar-refractivity contribution is 0.161. The Morgan fingerprint density at radius 2 is 1.81 bits per heavy atom. The smallest absolute Gasteiger partial charge is 0.122 e. The number of aliphatic hydroxyl groups excluding tert-OH is 1. The summed E-state index contributed by atoms with van der Waals surface area (Å²) in [5.74, 6) is 1.61. The molecular formula is C19H22O2. The van der Waals surface area contributed by atoms with Crippen LogP contribution in [0, 0.1) is 0 Å². The van der Waals surface area contributed by atoms with Gasteiger partial charge >= 0.3 is 0 Å². The van der Waals surface area contributed by atoms with E-state index in [1.165, 1.54) is 5.56 Å². The number of hydrogen-bond donors (Lipinski definition) is 1. The topological polar surface area (TPSA) is 29.5 Å². The average molecular weight is 282 g/mol. The summed E-state index contributed by atoms with van der Waals surface area (Å²) in [5.41, 5.74) is 2.35. The lowest BCUT2D eigenvalue weighted by Crippen LogP contribution is -2.14. The molecule has 1 aliphatic rings. The zero-order valence-electron chi connectivity index (χ0n) is 12.2. The van der Waals surface area contributed by atoms with Crippen molar-refractivity contribution in [3.8, 4) is 5.75 Å². The van der Waals surface area contributed by atoms with E-state index in [-0.39, 0.29) is 6.10 Å². The first-order valence-corrected chi connectivity index (χ1v) is 7.79. The van der Waals surface area contributed by atoms with Gasteiger partial charge in [0, 0.05) is 0 Å². The number of rotatable bonds is 5. The third-order valence-electron chi connectivity index (χ3n) is 4.30. The van der Waals surface area contributed by atoms with E-state index in [1.54, 1.807) is 0 Å². The Morgan fingerprint density at radius 3 is 2.67 bits per heavy atom. The number of fused-ring (bicyclic) bond motifs is 1. The maximum atomic E-state index is 10.2. The minimum Gasteiger partial charge on any atom is -0.493 e. The molecule has 110 valence electrons. The molecule has 2 atom stereocenters. The SMILES string of the molecule is OC(CCCC1CCOc2ccccc21)c1ccccc1. The minimum atomic E-state index is -0.346. The molecule has 0 radical (unpaired) electrons. The molecule has 2 nitrogen and oxygen atoms in total. The molecule has 3 rings (SSSR count). The van der Waals surface area contributed by atoms with Gasteiger partial charge in [-0.15, -0.1) is 0 Å². The van der Waals surface area contributed by atoms with Gasteiger partial charge in [-0.1, -0.05) is 48.5 Å². The van der Waals surface area contributed by atoms with E-state index in [4.69, 9.17) is 4.74 Å². The van der Waals surface area contributed by atoms with Crippen molar-refractivity contribution in [2.75, 3.05) is 6.61 Å². The van der Waals surface area contributed by atoms with E-state index in [1.807, 2.05) is 36.4 Å². The van der Waals surface area contributed by atoms with Gasteiger partial charge < -0.3 is 9.84 Å². The van der Waals surface area contributed by atoms with Crippen molar-refractivity contribution in [1.82, 2.24) is 0 Å². The third-order valence-corrected chi connectivity index (χ3v) is 4.30. The number of aliphatic hydroxyl groups is 1. The first kappa shape index (κ1) is 14.2. The van der Waals surface area contributed by atoms with E-state index in [0.29, 0.717) is 5.92 Å². The van der Waals surface area contributed by atoms with E-state index in [0.717, 1.165) is 43.6 Å². The largest absolute Gasteiger partial charge is 0.493 e. The zero-order chi connectivity index (χ0) is 14.5. The van der Waals surface area contributed by atoms with Crippen LogP contribution in [-0.4, -0.2) is 11.7 Å². The van der Waals surface area contributed by atoms with Crippen LogP contribution in [0.4, 0.5) is 0 Å². The van der Waals surface area contributed by atoms with Gasteiger partial charge in [0.1, 0.15) is 5.75 Å². The highest BCUT2D eigenvalue weighted by molar-refractivity contribution is 5.37. The Balaban J connectivity index is 1.55. The van der Waals surface area contributed by atoms with E-state index in [9.17, 15) is 5.11 Å². The lowest BCUT2D eigenvalue weighted by Gasteiger charge is -2.26. The summed E-state index contributed by atoms with van der Waals surface area (Å²) >= 11 is 0. The van der Waals surface area contributed by atoms with Crippen molar-refractivity contribution >= 4 is 0 Å². The molecule has 0 fully saturated rings. The van der Waals surface area contributed by atoms with Crippen molar-refractivity contribution in [3.05, 3.63) is 65.7 Å². The average Bonchev–Trinajstić information content (AvgIpc) is 2.56. The lowest BCUT2D eigenvalue weighted by atomic mass is 9.88. The molecule has 21 heavy (non-hydrogen) atoms. The monoisotopic (exact) mass is 282 g/mol. The summed E-state index contributed by atoms with van der Waals surface area (Å²) in [6.07, 6.45) is 3.71. The molecule has 2 aromatic rings. The summed E-state index contributed by atoms with van der Waals surface area (Å²) in [6.45, 7) is 0.808. The van der Waals surface area contributed by atoms with Crippen LogP contribution in [0.3, 0.4) is 0 Å². The Labute approximate surface area is 126 Å². The summed E-state index contributed by atoms with van der Waals surface area (Å²) in [7, 11) is 0. The second-order valence-corrected chi connectivity index (χ2v) is 5.73. The van der Waals surface area contributed by atoms with Gasteiger partial charge in [-0.3, -0.25) is 0 Å². The molecule has 2 unspecified atom stereocenters. The molecular weight excluding hydrogens is 260 g/mol. The second kappa shape index (κ2) is 6.77. The molecule has 1 N–H and O–H groups in total. The molecule has 0 saturated carbocycles. The van der Waals surface area contributed by atoms with E-state index >= 15 is 0 Å². The van der Waals surface area contributed by atoms with Gasteiger partial charge in [-0.25, -0.2) is 0 Å². The Bertz CT molecular complexity index is 565. The molecule has 0 saturated heterocycles. The highest BCUT2D eigenvalue weighted by Crippen LogP contribution is 2.37. The van der Waals surface area contributed by atoms with Crippen LogP contribution >= 0.6 is 0 Å². The van der Waals surface area contributed by atoms with Gasteiger partial charge in [0.05, 0.1) is 12.7 Å². The Hall–Kier alpha value is -1.80. The molecule has 0 aromatic heterocycles. The molecule has 0 spiro atoms. The van der Waals surface area contributed by atoms with Gasteiger partial charge in [-0.05, 0) is 48.8 Å². The van der Waals surface area contributed by atoms with Crippen LogP contribution < -0.4 is 4.74 Å². The first-order valence-electron chi connectivity index (χ1n) is 7.79. The zero-order valence-corrected chi connectivity index (χ0v) is 12.2.